The maximum absolute atomic E-state index is 12.4. The van der Waals surface area contributed by atoms with E-state index in [9.17, 15) is 4.79 Å². The zero-order valence-corrected chi connectivity index (χ0v) is 12.6. The summed E-state index contributed by atoms with van der Waals surface area (Å²) < 4.78 is 5.96. The van der Waals surface area contributed by atoms with Gasteiger partial charge in [0.05, 0.1) is 24.8 Å². The number of ether oxygens (including phenoxy) is 1. The van der Waals surface area contributed by atoms with Crippen LogP contribution in [0.25, 0.3) is 0 Å². The summed E-state index contributed by atoms with van der Waals surface area (Å²) in [5.41, 5.74) is 3.72. The van der Waals surface area contributed by atoms with Crippen molar-refractivity contribution >= 4 is 5.91 Å². The molecule has 4 unspecified atom stereocenters. The van der Waals surface area contributed by atoms with Crippen molar-refractivity contribution in [2.24, 2.45) is 0 Å². The maximum Gasteiger partial charge on any atom is 0.238 e. The zero-order valence-electron chi connectivity index (χ0n) is 12.6. The fraction of sp³-hybridized carbons (Fsp3) is 0.588. The van der Waals surface area contributed by atoms with E-state index < -0.39 is 0 Å². The molecule has 1 aromatic carbocycles. The van der Waals surface area contributed by atoms with E-state index in [2.05, 4.69) is 42.3 Å². The molecule has 0 aliphatic carbocycles. The molecule has 0 aromatic heterocycles. The third-order valence-corrected chi connectivity index (χ3v) is 5.16. The summed E-state index contributed by atoms with van der Waals surface area (Å²) in [6.07, 6.45) is 3.87. The molecular formula is C17H22N2O2. The van der Waals surface area contributed by atoms with E-state index in [1.54, 1.807) is 0 Å². The van der Waals surface area contributed by atoms with Crippen LogP contribution in [-0.4, -0.2) is 35.6 Å². The lowest BCUT2D eigenvalue weighted by atomic mass is 9.93. The number of rotatable bonds is 2. The molecule has 4 atom stereocenters. The second kappa shape index (κ2) is 4.82. The number of nitrogens with zero attached hydrogens (tertiary/aromatic N) is 1. The van der Waals surface area contributed by atoms with Gasteiger partial charge in [0, 0.05) is 0 Å². The number of fused-ring (bicyclic) bond motifs is 2. The van der Waals surface area contributed by atoms with Crippen LogP contribution in [0.15, 0.2) is 18.2 Å². The minimum atomic E-state index is 0.00560. The van der Waals surface area contributed by atoms with E-state index in [1.807, 2.05) is 0 Å². The number of carbonyl (C=O) groups is 1. The number of aryl methyl sites for hydroxylation is 2. The molecule has 3 heterocycles. The Hall–Kier alpha value is -1.39. The summed E-state index contributed by atoms with van der Waals surface area (Å²) in [7, 11) is 0. The van der Waals surface area contributed by atoms with Gasteiger partial charge in [-0.2, -0.15) is 0 Å². The van der Waals surface area contributed by atoms with Crippen LogP contribution < -0.4 is 5.32 Å². The molecule has 112 valence electrons. The van der Waals surface area contributed by atoms with E-state index in [1.165, 1.54) is 16.7 Å². The normalized spacial score (nSPS) is 35.0. The van der Waals surface area contributed by atoms with E-state index in [0.717, 1.165) is 19.3 Å². The first kappa shape index (κ1) is 13.3. The lowest BCUT2D eigenvalue weighted by Crippen LogP contribution is -2.45. The Kier molecular flexibility index (Phi) is 3.05. The third-order valence-electron chi connectivity index (χ3n) is 5.16. The van der Waals surface area contributed by atoms with Crippen molar-refractivity contribution in [1.82, 2.24) is 10.2 Å². The predicted octanol–water partition coefficient (Wildman–Crippen LogP) is 2.05. The zero-order chi connectivity index (χ0) is 14.6. The maximum atomic E-state index is 12.4. The highest BCUT2D eigenvalue weighted by Crippen LogP contribution is 2.41. The minimum absolute atomic E-state index is 0.00560. The molecule has 3 aliphatic heterocycles. The fourth-order valence-electron chi connectivity index (χ4n) is 4.19. The van der Waals surface area contributed by atoms with Gasteiger partial charge in [0.1, 0.15) is 6.17 Å². The third kappa shape index (κ3) is 2.09. The fourth-order valence-corrected chi connectivity index (χ4v) is 4.19. The molecule has 0 spiro atoms. The van der Waals surface area contributed by atoms with Gasteiger partial charge in [-0.05, 0) is 44.2 Å². The molecule has 4 nitrogen and oxygen atoms in total. The number of benzene rings is 1. The number of amides is 1. The Labute approximate surface area is 125 Å². The van der Waals surface area contributed by atoms with E-state index in [4.69, 9.17) is 4.74 Å². The summed E-state index contributed by atoms with van der Waals surface area (Å²) in [6.45, 7) is 4.67. The van der Waals surface area contributed by atoms with Crippen molar-refractivity contribution in [2.75, 3.05) is 6.54 Å². The van der Waals surface area contributed by atoms with Gasteiger partial charge < -0.3 is 9.64 Å². The standard InChI is InChI=1S/C17H22N2O2/c1-10-3-5-13(11(2)7-10)17-18-9-16(20)19(17)14-8-12-4-6-15(14)21-12/h3,5,7,12,14-15,17-18H,4,6,8-9H2,1-2H3. The van der Waals surface area contributed by atoms with Crippen LogP contribution in [0.2, 0.25) is 0 Å². The SMILES string of the molecule is Cc1ccc(C2NCC(=O)N2C2CC3CCC2O3)c(C)c1. The first-order valence-electron chi connectivity index (χ1n) is 7.90. The van der Waals surface area contributed by atoms with Crippen molar-refractivity contribution in [3.63, 3.8) is 0 Å². The smallest absolute Gasteiger partial charge is 0.238 e. The molecule has 21 heavy (non-hydrogen) atoms. The topological polar surface area (TPSA) is 41.6 Å². The molecule has 0 saturated carbocycles. The molecule has 0 radical (unpaired) electrons. The molecule has 3 saturated heterocycles. The Balaban J connectivity index is 1.66. The van der Waals surface area contributed by atoms with Crippen molar-refractivity contribution in [1.29, 1.82) is 0 Å². The Bertz CT molecular complexity index is 586. The summed E-state index contributed by atoms with van der Waals surface area (Å²) in [4.78, 5) is 14.5. The molecule has 2 bridgehead atoms. The highest BCUT2D eigenvalue weighted by atomic mass is 16.5. The Morgan fingerprint density at radius 2 is 2.14 bits per heavy atom. The van der Waals surface area contributed by atoms with Gasteiger partial charge in [0.2, 0.25) is 5.91 Å². The number of hydrogen-bond donors (Lipinski definition) is 1. The lowest BCUT2D eigenvalue weighted by Gasteiger charge is -2.34. The Morgan fingerprint density at radius 1 is 1.29 bits per heavy atom. The van der Waals surface area contributed by atoms with Crippen molar-refractivity contribution < 1.29 is 9.53 Å². The highest BCUT2D eigenvalue weighted by Gasteiger charge is 2.49. The largest absolute Gasteiger partial charge is 0.373 e. The van der Waals surface area contributed by atoms with Crippen molar-refractivity contribution in [2.45, 2.75) is 57.5 Å². The van der Waals surface area contributed by atoms with Crippen molar-refractivity contribution in [3.05, 3.63) is 34.9 Å². The molecular weight excluding hydrogens is 264 g/mol. The van der Waals surface area contributed by atoms with Crippen LogP contribution in [0, 0.1) is 13.8 Å². The van der Waals surface area contributed by atoms with Crippen LogP contribution in [-0.2, 0) is 9.53 Å². The summed E-state index contributed by atoms with van der Waals surface area (Å²) in [6, 6.07) is 6.72. The summed E-state index contributed by atoms with van der Waals surface area (Å²) in [5.74, 6) is 0.209. The van der Waals surface area contributed by atoms with Crippen LogP contribution in [0.3, 0.4) is 0 Å². The van der Waals surface area contributed by atoms with Crippen molar-refractivity contribution in [3.8, 4) is 0 Å². The summed E-state index contributed by atoms with van der Waals surface area (Å²) in [5, 5.41) is 3.39. The van der Waals surface area contributed by atoms with Crippen LogP contribution >= 0.6 is 0 Å². The number of nitrogens with one attached hydrogen (secondary N) is 1. The average molecular weight is 286 g/mol. The minimum Gasteiger partial charge on any atom is -0.373 e. The first-order chi connectivity index (χ1) is 10.1. The van der Waals surface area contributed by atoms with Gasteiger partial charge >= 0.3 is 0 Å². The monoisotopic (exact) mass is 286 g/mol. The quantitative estimate of drug-likeness (QED) is 0.905. The molecule has 4 rings (SSSR count). The number of hydrogen-bond acceptors (Lipinski definition) is 3. The van der Waals surface area contributed by atoms with Crippen LogP contribution in [0.1, 0.15) is 42.1 Å². The highest BCUT2D eigenvalue weighted by molar-refractivity contribution is 5.81. The average Bonchev–Trinajstić information content (AvgIpc) is 3.13. The molecule has 3 aliphatic rings. The van der Waals surface area contributed by atoms with E-state index >= 15 is 0 Å². The predicted molar refractivity (Wildman–Crippen MR) is 79.8 cm³/mol. The van der Waals surface area contributed by atoms with Gasteiger partial charge in [-0.15, -0.1) is 0 Å². The summed E-state index contributed by atoms with van der Waals surface area (Å²) >= 11 is 0. The van der Waals surface area contributed by atoms with Crippen LogP contribution in [0.4, 0.5) is 0 Å². The van der Waals surface area contributed by atoms with Gasteiger partial charge in [-0.1, -0.05) is 23.8 Å². The molecule has 1 aromatic rings. The molecule has 1 N–H and O–H groups in total. The first-order valence-corrected chi connectivity index (χ1v) is 7.90. The second-order valence-corrected chi connectivity index (χ2v) is 6.62. The Morgan fingerprint density at radius 3 is 2.81 bits per heavy atom. The van der Waals surface area contributed by atoms with Gasteiger partial charge in [0.25, 0.3) is 0 Å². The van der Waals surface area contributed by atoms with E-state index in [-0.39, 0.29) is 24.2 Å². The second-order valence-electron chi connectivity index (χ2n) is 6.62. The lowest BCUT2D eigenvalue weighted by molar-refractivity contribution is -0.131. The van der Waals surface area contributed by atoms with Gasteiger partial charge in [0.15, 0.2) is 0 Å². The van der Waals surface area contributed by atoms with Gasteiger partial charge in [-0.25, -0.2) is 0 Å². The van der Waals surface area contributed by atoms with Gasteiger partial charge in [-0.3, -0.25) is 10.1 Å². The van der Waals surface area contributed by atoms with Crippen LogP contribution in [0.5, 0.6) is 0 Å². The molecule has 4 heteroatoms. The van der Waals surface area contributed by atoms with E-state index in [0.29, 0.717) is 12.6 Å². The number of carbonyl (C=O) groups excluding carboxylic acids is 1. The molecule has 3 fully saturated rings. The molecule has 1 amide bonds.